The fourth-order valence-electron chi connectivity index (χ4n) is 3.28. The van der Waals surface area contributed by atoms with Gasteiger partial charge in [-0.3, -0.25) is 4.90 Å². The summed E-state index contributed by atoms with van der Waals surface area (Å²) in [5.74, 6) is 0.860. The maximum Gasteiger partial charge on any atom is 0.125 e. The lowest BCUT2D eigenvalue weighted by molar-refractivity contribution is 0.238. The molecule has 1 fully saturated rings. The van der Waals surface area contributed by atoms with E-state index in [4.69, 9.17) is 4.98 Å². The molecule has 3 heterocycles. The molecule has 0 amide bonds. The van der Waals surface area contributed by atoms with Crippen LogP contribution >= 0.6 is 11.3 Å². The monoisotopic (exact) mass is 331 g/mol. The molecule has 1 saturated heterocycles. The van der Waals surface area contributed by atoms with Crippen molar-refractivity contribution < 1.29 is 0 Å². The molecule has 0 aromatic carbocycles. The van der Waals surface area contributed by atoms with Crippen LogP contribution in [0, 0.1) is 13.8 Å². The SMILES string of the molecule is Cc1ncc(CN(C)C)c([C@@H]2CCCN2Cc2csc(C)n2)n1. The number of aromatic nitrogens is 3. The van der Waals surface area contributed by atoms with Crippen LogP contribution in [0.1, 0.15) is 46.7 Å². The highest BCUT2D eigenvalue weighted by atomic mass is 32.1. The van der Waals surface area contributed by atoms with Crippen LogP contribution in [0.25, 0.3) is 0 Å². The molecule has 0 bridgehead atoms. The number of hydrogen-bond donors (Lipinski definition) is 0. The van der Waals surface area contributed by atoms with E-state index in [9.17, 15) is 0 Å². The molecule has 0 aliphatic carbocycles. The van der Waals surface area contributed by atoms with Gasteiger partial charge in [-0.15, -0.1) is 11.3 Å². The molecule has 0 radical (unpaired) electrons. The molecule has 124 valence electrons. The van der Waals surface area contributed by atoms with E-state index in [0.29, 0.717) is 6.04 Å². The van der Waals surface area contributed by atoms with E-state index in [1.54, 1.807) is 11.3 Å². The van der Waals surface area contributed by atoms with Crippen LogP contribution in [-0.2, 0) is 13.1 Å². The van der Waals surface area contributed by atoms with E-state index in [1.165, 1.54) is 29.8 Å². The fourth-order valence-corrected chi connectivity index (χ4v) is 3.88. The first-order valence-electron chi connectivity index (χ1n) is 8.15. The van der Waals surface area contributed by atoms with Gasteiger partial charge in [0.25, 0.3) is 0 Å². The number of likely N-dealkylation sites (tertiary alicyclic amines) is 1. The van der Waals surface area contributed by atoms with Gasteiger partial charge < -0.3 is 4.90 Å². The zero-order chi connectivity index (χ0) is 16.4. The average molecular weight is 331 g/mol. The Balaban J connectivity index is 1.85. The molecule has 2 aromatic rings. The van der Waals surface area contributed by atoms with Crippen LogP contribution in [0.5, 0.6) is 0 Å². The van der Waals surface area contributed by atoms with Crippen molar-refractivity contribution >= 4 is 11.3 Å². The first-order chi connectivity index (χ1) is 11.0. The van der Waals surface area contributed by atoms with Crippen molar-refractivity contribution in [1.29, 1.82) is 0 Å². The van der Waals surface area contributed by atoms with Crippen LogP contribution in [0.3, 0.4) is 0 Å². The minimum atomic E-state index is 0.383. The largest absolute Gasteiger partial charge is 0.305 e. The quantitative estimate of drug-likeness (QED) is 0.843. The van der Waals surface area contributed by atoms with E-state index in [0.717, 1.165) is 30.5 Å². The number of aryl methyl sites for hydroxylation is 2. The van der Waals surface area contributed by atoms with E-state index < -0.39 is 0 Å². The van der Waals surface area contributed by atoms with Crippen LogP contribution in [0.2, 0.25) is 0 Å². The lowest BCUT2D eigenvalue weighted by Crippen LogP contribution is -2.26. The number of hydrogen-bond acceptors (Lipinski definition) is 6. The highest BCUT2D eigenvalue weighted by Gasteiger charge is 2.29. The molecule has 3 rings (SSSR count). The van der Waals surface area contributed by atoms with Gasteiger partial charge in [0, 0.05) is 30.2 Å². The van der Waals surface area contributed by atoms with Crippen LogP contribution in [0.4, 0.5) is 0 Å². The molecule has 6 heteroatoms. The molecule has 2 aromatic heterocycles. The lowest BCUT2D eigenvalue weighted by atomic mass is 10.1. The van der Waals surface area contributed by atoms with Gasteiger partial charge in [0.05, 0.1) is 22.4 Å². The zero-order valence-electron chi connectivity index (χ0n) is 14.4. The van der Waals surface area contributed by atoms with Gasteiger partial charge in [-0.2, -0.15) is 0 Å². The number of rotatable bonds is 5. The smallest absolute Gasteiger partial charge is 0.125 e. The summed E-state index contributed by atoms with van der Waals surface area (Å²) in [6, 6.07) is 0.383. The third-order valence-electron chi connectivity index (χ3n) is 4.22. The van der Waals surface area contributed by atoms with Crippen molar-refractivity contribution in [3.8, 4) is 0 Å². The number of nitrogens with zero attached hydrogens (tertiary/aromatic N) is 5. The molecule has 0 unspecified atom stereocenters. The topological polar surface area (TPSA) is 45.2 Å². The fraction of sp³-hybridized carbons (Fsp3) is 0.588. The Morgan fingerprint density at radius 1 is 1.30 bits per heavy atom. The molecule has 0 saturated carbocycles. The normalized spacial score (nSPS) is 18.9. The second-order valence-electron chi connectivity index (χ2n) is 6.55. The van der Waals surface area contributed by atoms with Gasteiger partial charge in [0.1, 0.15) is 5.82 Å². The summed E-state index contributed by atoms with van der Waals surface area (Å²) in [6.07, 6.45) is 4.39. The van der Waals surface area contributed by atoms with Gasteiger partial charge in [-0.05, 0) is 47.3 Å². The molecule has 1 aliphatic heterocycles. The summed E-state index contributed by atoms with van der Waals surface area (Å²) < 4.78 is 0. The summed E-state index contributed by atoms with van der Waals surface area (Å²) in [4.78, 5) is 18.5. The standard InChI is InChI=1S/C17H25N5S/c1-12-18-8-14(9-21(3)4)17(19-12)16-6-5-7-22(16)10-15-11-23-13(2)20-15/h8,11,16H,5-7,9-10H2,1-4H3/t16-/m0/s1. The summed E-state index contributed by atoms with van der Waals surface area (Å²) in [6.45, 7) is 6.96. The highest BCUT2D eigenvalue weighted by Crippen LogP contribution is 2.34. The van der Waals surface area contributed by atoms with E-state index >= 15 is 0 Å². The van der Waals surface area contributed by atoms with E-state index in [2.05, 4.69) is 46.2 Å². The minimum Gasteiger partial charge on any atom is -0.305 e. The Morgan fingerprint density at radius 2 is 2.13 bits per heavy atom. The van der Waals surface area contributed by atoms with Crippen molar-refractivity contribution in [3.05, 3.63) is 39.4 Å². The molecular weight excluding hydrogens is 306 g/mol. The zero-order valence-corrected chi connectivity index (χ0v) is 15.2. The van der Waals surface area contributed by atoms with Crippen molar-refractivity contribution in [3.63, 3.8) is 0 Å². The molecule has 1 atom stereocenters. The lowest BCUT2D eigenvalue weighted by Gasteiger charge is -2.26. The summed E-state index contributed by atoms with van der Waals surface area (Å²) in [5, 5.41) is 3.32. The molecule has 0 N–H and O–H groups in total. The molecule has 5 nitrogen and oxygen atoms in total. The first kappa shape index (κ1) is 16.5. The summed E-state index contributed by atoms with van der Waals surface area (Å²) in [7, 11) is 4.18. The molecule has 23 heavy (non-hydrogen) atoms. The van der Waals surface area contributed by atoms with Crippen molar-refractivity contribution in [2.45, 2.75) is 45.8 Å². The van der Waals surface area contributed by atoms with E-state index in [1.807, 2.05) is 13.1 Å². The van der Waals surface area contributed by atoms with Gasteiger partial charge in [-0.25, -0.2) is 15.0 Å². The van der Waals surface area contributed by atoms with Gasteiger partial charge in [0.15, 0.2) is 0 Å². The second-order valence-corrected chi connectivity index (χ2v) is 7.61. The second kappa shape index (κ2) is 7.03. The Kier molecular flexibility index (Phi) is 5.04. The highest BCUT2D eigenvalue weighted by molar-refractivity contribution is 7.09. The predicted octanol–water partition coefficient (Wildman–Crippen LogP) is 2.95. The Labute approximate surface area is 142 Å². The van der Waals surface area contributed by atoms with Crippen molar-refractivity contribution in [2.75, 3.05) is 20.6 Å². The summed E-state index contributed by atoms with van der Waals surface area (Å²) in [5.41, 5.74) is 3.63. The van der Waals surface area contributed by atoms with Crippen LogP contribution < -0.4 is 0 Å². The minimum absolute atomic E-state index is 0.383. The van der Waals surface area contributed by atoms with Crippen molar-refractivity contribution in [2.24, 2.45) is 0 Å². The van der Waals surface area contributed by atoms with Crippen LogP contribution in [0.15, 0.2) is 11.6 Å². The van der Waals surface area contributed by atoms with E-state index in [-0.39, 0.29) is 0 Å². The third-order valence-corrected chi connectivity index (χ3v) is 5.04. The van der Waals surface area contributed by atoms with Gasteiger partial charge in [0.2, 0.25) is 0 Å². The molecule has 0 spiro atoms. The average Bonchev–Trinajstić information content (AvgIpc) is 3.10. The maximum atomic E-state index is 4.81. The Morgan fingerprint density at radius 3 is 2.83 bits per heavy atom. The van der Waals surface area contributed by atoms with Crippen LogP contribution in [-0.4, -0.2) is 45.4 Å². The Bertz CT molecular complexity index is 667. The predicted molar refractivity (Wildman–Crippen MR) is 93.4 cm³/mol. The number of thiazole rings is 1. The van der Waals surface area contributed by atoms with Gasteiger partial charge in [-0.1, -0.05) is 0 Å². The first-order valence-corrected chi connectivity index (χ1v) is 9.03. The third kappa shape index (κ3) is 3.94. The Hall–Kier alpha value is -1.37. The van der Waals surface area contributed by atoms with Gasteiger partial charge >= 0.3 is 0 Å². The molecular formula is C17H25N5S. The maximum absolute atomic E-state index is 4.81. The summed E-state index contributed by atoms with van der Waals surface area (Å²) >= 11 is 1.73. The van der Waals surface area contributed by atoms with Crippen molar-refractivity contribution in [1.82, 2.24) is 24.8 Å². The molecule has 1 aliphatic rings.